The van der Waals surface area contributed by atoms with Gasteiger partial charge in [-0.25, -0.2) is 0 Å². The van der Waals surface area contributed by atoms with Crippen molar-refractivity contribution in [1.82, 2.24) is 4.98 Å². The number of aryl methyl sites for hydroxylation is 1. The van der Waals surface area contributed by atoms with Gasteiger partial charge in [0.1, 0.15) is 5.75 Å². The summed E-state index contributed by atoms with van der Waals surface area (Å²) in [7, 11) is 1.54. The lowest BCUT2D eigenvalue weighted by atomic mass is 10.2. The van der Waals surface area contributed by atoms with Crippen molar-refractivity contribution in [1.29, 1.82) is 0 Å². The third-order valence-corrected chi connectivity index (χ3v) is 4.25. The van der Waals surface area contributed by atoms with Gasteiger partial charge < -0.3 is 15.4 Å². The van der Waals surface area contributed by atoms with Crippen LogP contribution in [0.4, 0.5) is 11.4 Å². The molecule has 6 heteroatoms. The van der Waals surface area contributed by atoms with Crippen LogP contribution in [0.15, 0.2) is 30.6 Å². The van der Waals surface area contributed by atoms with Gasteiger partial charge in [-0.1, -0.05) is 31.4 Å². The Labute approximate surface area is 153 Å². The first-order chi connectivity index (χ1) is 12.0. The second kappa shape index (κ2) is 9.28. The first-order valence-corrected chi connectivity index (χ1v) is 8.77. The predicted octanol–water partition coefficient (Wildman–Crippen LogP) is 4.91. The number of pyridine rings is 1. The van der Waals surface area contributed by atoms with E-state index in [-0.39, 0.29) is 5.91 Å². The Balaban J connectivity index is 2.09. The van der Waals surface area contributed by atoms with Crippen LogP contribution >= 0.6 is 11.6 Å². The SMILES string of the molecule is CCCCCNc1cncc(C(=O)Nc2cc(C)c(Cl)cc2OC)c1. The number of ether oxygens (including phenoxy) is 1. The van der Waals surface area contributed by atoms with Crippen molar-refractivity contribution in [2.24, 2.45) is 0 Å². The van der Waals surface area contributed by atoms with E-state index in [4.69, 9.17) is 16.3 Å². The Hall–Kier alpha value is -2.27. The van der Waals surface area contributed by atoms with Crippen molar-refractivity contribution in [3.05, 3.63) is 46.7 Å². The molecule has 0 spiro atoms. The Morgan fingerprint density at radius 1 is 1.24 bits per heavy atom. The summed E-state index contributed by atoms with van der Waals surface area (Å²) in [5, 5.41) is 6.74. The molecule has 0 saturated heterocycles. The van der Waals surface area contributed by atoms with Crippen LogP contribution in [0.2, 0.25) is 5.02 Å². The van der Waals surface area contributed by atoms with E-state index in [0.29, 0.717) is 22.0 Å². The molecule has 0 aliphatic carbocycles. The molecular formula is C19H24ClN3O2. The molecule has 1 aromatic carbocycles. The highest BCUT2D eigenvalue weighted by Gasteiger charge is 2.12. The highest BCUT2D eigenvalue weighted by atomic mass is 35.5. The molecule has 1 heterocycles. The molecule has 5 nitrogen and oxygen atoms in total. The fourth-order valence-electron chi connectivity index (χ4n) is 2.39. The molecule has 0 atom stereocenters. The van der Waals surface area contributed by atoms with E-state index in [0.717, 1.165) is 24.2 Å². The number of carbonyl (C=O) groups excluding carboxylic acids is 1. The minimum atomic E-state index is -0.246. The van der Waals surface area contributed by atoms with E-state index in [2.05, 4.69) is 22.5 Å². The van der Waals surface area contributed by atoms with Gasteiger partial charge in [-0.15, -0.1) is 0 Å². The summed E-state index contributed by atoms with van der Waals surface area (Å²) in [4.78, 5) is 16.7. The van der Waals surface area contributed by atoms with Crippen molar-refractivity contribution in [2.45, 2.75) is 33.1 Å². The number of nitrogens with one attached hydrogen (secondary N) is 2. The molecule has 1 aromatic heterocycles. The lowest BCUT2D eigenvalue weighted by molar-refractivity contribution is 0.102. The number of anilines is 2. The quantitative estimate of drug-likeness (QED) is 0.656. The molecule has 0 radical (unpaired) electrons. The van der Waals surface area contributed by atoms with Crippen molar-refractivity contribution in [3.8, 4) is 5.75 Å². The molecule has 2 N–H and O–H groups in total. The number of hydrogen-bond acceptors (Lipinski definition) is 4. The maximum atomic E-state index is 12.5. The molecular weight excluding hydrogens is 338 g/mol. The number of hydrogen-bond donors (Lipinski definition) is 2. The van der Waals surface area contributed by atoms with Crippen LogP contribution in [0.1, 0.15) is 42.1 Å². The molecule has 0 unspecified atom stereocenters. The average molecular weight is 362 g/mol. The molecule has 25 heavy (non-hydrogen) atoms. The second-order valence-corrected chi connectivity index (χ2v) is 6.26. The number of methoxy groups -OCH3 is 1. The van der Waals surface area contributed by atoms with Crippen molar-refractivity contribution >= 4 is 28.9 Å². The number of nitrogens with zero attached hydrogens (tertiary/aromatic N) is 1. The number of halogens is 1. The van der Waals surface area contributed by atoms with Crippen molar-refractivity contribution in [3.63, 3.8) is 0 Å². The molecule has 0 aliphatic rings. The van der Waals surface area contributed by atoms with Crippen LogP contribution in [0, 0.1) is 6.92 Å². The Morgan fingerprint density at radius 3 is 2.76 bits per heavy atom. The monoisotopic (exact) mass is 361 g/mol. The van der Waals surface area contributed by atoms with Gasteiger partial charge in [-0.3, -0.25) is 9.78 Å². The normalized spacial score (nSPS) is 10.4. The molecule has 1 amide bonds. The second-order valence-electron chi connectivity index (χ2n) is 5.85. The van der Waals surface area contributed by atoms with E-state index in [1.165, 1.54) is 12.8 Å². The van der Waals surface area contributed by atoms with E-state index in [1.54, 1.807) is 37.7 Å². The van der Waals surface area contributed by atoms with E-state index >= 15 is 0 Å². The zero-order chi connectivity index (χ0) is 18.2. The fourth-order valence-corrected chi connectivity index (χ4v) is 2.55. The summed E-state index contributed by atoms with van der Waals surface area (Å²) in [5.41, 5.74) is 2.76. The zero-order valence-electron chi connectivity index (χ0n) is 14.9. The molecule has 0 saturated carbocycles. The molecule has 2 aromatic rings. The van der Waals surface area contributed by atoms with Crippen LogP contribution in [0.25, 0.3) is 0 Å². The predicted molar refractivity (Wildman–Crippen MR) is 103 cm³/mol. The summed E-state index contributed by atoms with van der Waals surface area (Å²) < 4.78 is 5.29. The summed E-state index contributed by atoms with van der Waals surface area (Å²) in [6, 6.07) is 5.28. The maximum absolute atomic E-state index is 12.5. The third-order valence-electron chi connectivity index (χ3n) is 3.84. The first-order valence-electron chi connectivity index (χ1n) is 8.39. The summed E-state index contributed by atoms with van der Waals surface area (Å²) in [6.07, 6.45) is 6.70. The summed E-state index contributed by atoms with van der Waals surface area (Å²) in [6.45, 7) is 4.91. The summed E-state index contributed by atoms with van der Waals surface area (Å²) >= 11 is 6.10. The van der Waals surface area contributed by atoms with Gasteiger partial charge in [0, 0.05) is 30.0 Å². The van der Waals surface area contributed by atoms with Gasteiger partial charge in [0.2, 0.25) is 0 Å². The lowest BCUT2D eigenvalue weighted by Crippen LogP contribution is -2.14. The van der Waals surface area contributed by atoms with E-state index < -0.39 is 0 Å². The van der Waals surface area contributed by atoms with Crippen LogP contribution in [-0.2, 0) is 0 Å². The highest BCUT2D eigenvalue weighted by Crippen LogP contribution is 2.31. The van der Waals surface area contributed by atoms with E-state index in [9.17, 15) is 4.79 Å². The standard InChI is InChI=1S/C19H24ClN3O2/c1-4-5-6-7-22-15-9-14(11-21-12-15)19(24)23-17-8-13(2)16(20)10-18(17)25-3/h8-12,22H,4-7H2,1-3H3,(H,23,24). The molecule has 0 bridgehead atoms. The maximum Gasteiger partial charge on any atom is 0.257 e. The minimum absolute atomic E-state index is 0.246. The van der Waals surface area contributed by atoms with Crippen LogP contribution in [0.5, 0.6) is 5.75 Å². The Morgan fingerprint density at radius 2 is 2.04 bits per heavy atom. The number of unbranched alkanes of at least 4 members (excludes halogenated alkanes) is 2. The van der Waals surface area contributed by atoms with Crippen LogP contribution in [0.3, 0.4) is 0 Å². The number of rotatable bonds is 8. The van der Waals surface area contributed by atoms with Gasteiger partial charge in [0.05, 0.1) is 24.0 Å². The zero-order valence-corrected chi connectivity index (χ0v) is 15.6. The van der Waals surface area contributed by atoms with Gasteiger partial charge >= 0.3 is 0 Å². The van der Waals surface area contributed by atoms with E-state index in [1.807, 2.05) is 6.92 Å². The van der Waals surface area contributed by atoms with Crippen molar-refractivity contribution < 1.29 is 9.53 Å². The fraction of sp³-hybridized carbons (Fsp3) is 0.368. The highest BCUT2D eigenvalue weighted by molar-refractivity contribution is 6.31. The number of aromatic nitrogens is 1. The minimum Gasteiger partial charge on any atom is -0.495 e. The van der Waals surface area contributed by atoms with Gasteiger partial charge in [-0.05, 0) is 31.0 Å². The topological polar surface area (TPSA) is 63.2 Å². The van der Waals surface area contributed by atoms with Gasteiger partial charge in [-0.2, -0.15) is 0 Å². The largest absolute Gasteiger partial charge is 0.495 e. The Bertz CT molecular complexity index is 735. The summed E-state index contributed by atoms with van der Waals surface area (Å²) in [5.74, 6) is 0.274. The van der Waals surface area contributed by atoms with Gasteiger partial charge in [0.15, 0.2) is 0 Å². The third kappa shape index (κ3) is 5.36. The smallest absolute Gasteiger partial charge is 0.257 e. The van der Waals surface area contributed by atoms with Gasteiger partial charge in [0.25, 0.3) is 5.91 Å². The first kappa shape index (κ1) is 19.1. The Kier molecular flexibility index (Phi) is 7.07. The van der Waals surface area contributed by atoms with Crippen LogP contribution < -0.4 is 15.4 Å². The lowest BCUT2D eigenvalue weighted by Gasteiger charge is -2.13. The number of amides is 1. The molecule has 0 fully saturated rings. The van der Waals surface area contributed by atoms with Crippen LogP contribution in [-0.4, -0.2) is 24.5 Å². The average Bonchev–Trinajstić information content (AvgIpc) is 2.62. The number of carbonyl (C=O) groups is 1. The number of benzene rings is 1. The van der Waals surface area contributed by atoms with Crippen molar-refractivity contribution in [2.75, 3.05) is 24.3 Å². The molecule has 2 rings (SSSR count). The molecule has 0 aliphatic heterocycles. The molecule has 134 valence electrons.